The molecule has 0 aromatic carbocycles. The van der Waals surface area contributed by atoms with Crippen molar-refractivity contribution in [3.05, 3.63) is 24.3 Å². The molecule has 0 aliphatic rings. The van der Waals surface area contributed by atoms with Gasteiger partial charge < -0.3 is 20.3 Å². The molecule has 0 aromatic rings. The predicted octanol–water partition coefficient (Wildman–Crippen LogP) is 15.5. The Kier molecular flexibility index (Phi) is 46.1. The van der Waals surface area contributed by atoms with Gasteiger partial charge in [-0.3, -0.25) is 9.59 Å². The molecule has 0 aliphatic heterocycles. The molecule has 0 heterocycles. The van der Waals surface area contributed by atoms with Crippen LogP contribution in [0.25, 0.3) is 0 Å². The van der Waals surface area contributed by atoms with Crippen LogP contribution in [0.4, 0.5) is 0 Å². The number of ether oxygens (including phenoxy) is 1. The number of hydrogen-bond donors (Lipinski definition) is 3. The molecule has 0 saturated heterocycles. The predicted molar refractivity (Wildman–Crippen MR) is 255 cm³/mol. The van der Waals surface area contributed by atoms with E-state index in [0.29, 0.717) is 19.3 Å². The highest BCUT2D eigenvalue weighted by Gasteiger charge is 2.24. The Morgan fingerprint density at radius 1 is 0.492 bits per heavy atom. The summed E-state index contributed by atoms with van der Waals surface area (Å²) >= 11 is 0. The first-order valence-corrected chi connectivity index (χ1v) is 26.1. The lowest BCUT2D eigenvalue weighted by molar-refractivity contribution is -0.151. The van der Waals surface area contributed by atoms with Crippen LogP contribution in [0, 0.1) is 0 Å². The molecule has 59 heavy (non-hydrogen) atoms. The van der Waals surface area contributed by atoms with Gasteiger partial charge in [-0.2, -0.15) is 0 Å². The molecule has 0 bridgehead atoms. The maximum absolute atomic E-state index is 13.2. The highest BCUT2D eigenvalue weighted by molar-refractivity contribution is 5.77. The third kappa shape index (κ3) is 42.8. The number of carbonyl (C=O) groups is 2. The largest absolute Gasteiger partial charge is 0.462 e. The topological polar surface area (TPSA) is 95.9 Å². The Morgan fingerprint density at radius 3 is 1.29 bits per heavy atom. The molecular formula is C53H101NO5. The van der Waals surface area contributed by atoms with Crippen molar-refractivity contribution in [3.63, 3.8) is 0 Å². The second kappa shape index (κ2) is 47.4. The van der Waals surface area contributed by atoms with Gasteiger partial charge in [0.2, 0.25) is 5.91 Å². The van der Waals surface area contributed by atoms with Gasteiger partial charge in [0.25, 0.3) is 0 Å². The molecule has 3 unspecified atom stereocenters. The number of aliphatic hydroxyl groups is 2. The zero-order chi connectivity index (χ0) is 43.1. The summed E-state index contributed by atoms with van der Waals surface area (Å²) < 4.78 is 5.90. The first kappa shape index (κ1) is 57.3. The normalized spacial score (nSPS) is 13.4. The number of unbranched alkanes of at least 4 members (excludes halogenated alkanes) is 32. The third-order valence-corrected chi connectivity index (χ3v) is 12.1. The van der Waals surface area contributed by atoms with E-state index in [4.69, 9.17) is 4.74 Å². The van der Waals surface area contributed by atoms with E-state index >= 15 is 0 Å². The van der Waals surface area contributed by atoms with Crippen molar-refractivity contribution in [2.24, 2.45) is 0 Å². The monoisotopic (exact) mass is 832 g/mol. The van der Waals surface area contributed by atoms with Crippen LogP contribution >= 0.6 is 0 Å². The Balaban J connectivity index is 4.60. The van der Waals surface area contributed by atoms with Crippen molar-refractivity contribution in [3.8, 4) is 0 Å². The number of rotatable bonds is 47. The van der Waals surface area contributed by atoms with Gasteiger partial charge in [0, 0.05) is 6.42 Å². The summed E-state index contributed by atoms with van der Waals surface area (Å²) in [7, 11) is 0. The summed E-state index contributed by atoms with van der Waals surface area (Å²) in [6.45, 7) is 6.48. The van der Waals surface area contributed by atoms with Crippen molar-refractivity contribution < 1.29 is 24.5 Å². The SMILES string of the molecule is CCCCCCCCC/C=C/C=C/CCCC(CC(=O)NC(CO)C(O)CCCCCCCCCCCCCCCC)OC(=O)CCCCCCCCCCCCCC. The van der Waals surface area contributed by atoms with Crippen molar-refractivity contribution >= 4 is 11.9 Å². The van der Waals surface area contributed by atoms with Crippen molar-refractivity contribution in [1.82, 2.24) is 5.32 Å². The average molecular weight is 832 g/mol. The number of carbonyl (C=O) groups excluding carboxylic acids is 2. The zero-order valence-electron chi connectivity index (χ0n) is 39.7. The summed E-state index contributed by atoms with van der Waals surface area (Å²) in [4.78, 5) is 26.1. The van der Waals surface area contributed by atoms with E-state index in [-0.39, 0.29) is 24.9 Å². The first-order valence-electron chi connectivity index (χ1n) is 26.1. The molecule has 0 aliphatic carbocycles. The molecular weight excluding hydrogens is 731 g/mol. The van der Waals surface area contributed by atoms with Crippen molar-refractivity contribution in [2.45, 2.75) is 296 Å². The third-order valence-electron chi connectivity index (χ3n) is 12.1. The molecule has 0 rings (SSSR count). The van der Waals surface area contributed by atoms with Crippen LogP contribution in [0.2, 0.25) is 0 Å². The standard InChI is InChI=1S/C53H101NO5/c1-4-7-10-13-16-19-22-25-27-29-32-35-38-41-44-49(59-53(58)46-43-40-37-34-31-24-21-18-15-12-9-6-3)47-52(57)54-50(48-55)51(56)45-42-39-36-33-30-28-26-23-20-17-14-11-8-5-2/h27,29,32,35,49-51,55-56H,4-26,28,30-31,33-34,36-48H2,1-3H3,(H,54,57)/b29-27+,35-32+. The van der Waals surface area contributed by atoms with E-state index < -0.39 is 18.2 Å². The maximum Gasteiger partial charge on any atom is 0.306 e. The van der Waals surface area contributed by atoms with Crippen LogP contribution in [-0.2, 0) is 14.3 Å². The first-order chi connectivity index (χ1) is 29.0. The molecule has 0 radical (unpaired) electrons. The lowest BCUT2D eigenvalue weighted by Crippen LogP contribution is -2.46. The van der Waals surface area contributed by atoms with Crippen LogP contribution in [0.5, 0.6) is 0 Å². The molecule has 6 nitrogen and oxygen atoms in total. The van der Waals surface area contributed by atoms with Gasteiger partial charge in [-0.05, 0) is 44.9 Å². The highest BCUT2D eigenvalue weighted by Crippen LogP contribution is 2.18. The molecule has 348 valence electrons. The fourth-order valence-electron chi connectivity index (χ4n) is 8.08. The second-order valence-corrected chi connectivity index (χ2v) is 18.0. The minimum Gasteiger partial charge on any atom is -0.462 e. The van der Waals surface area contributed by atoms with Gasteiger partial charge >= 0.3 is 5.97 Å². The number of nitrogens with one attached hydrogen (secondary N) is 1. The van der Waals surface area contributed by atoms with Crippen molar-refractivity contribution in [1.29, 1.82) is 0 Å². The molecule has 0 fully saturated rings. The lowest BCUT2D eigenvalue weighted by atomic mass is 10.0. The number of hydrogen-bond acceptors (Lipinski definition) is 5. The van der Waals surface area contributed by atoms with Crippen molar-refractivity contribution in [2.75, 3.05) is 6.61 Å². The summed E-state index contributed by atoms with van der Waals surface area (Å²) in [5.41, 5.74) is 0. The van der Waals surface area contributed by atoms with E-state index in [0.717, 1.165) is 57.8 Å². The lowest BCUT2D eigenvalue weighted by Gasteiger charge is -2.24. The van der Waals surface area contributed by atoms with Crippen LogP contribution in [-0.4, -0.2) is 46.9 Å². The van der Waals surface area contributed by atoms with E-state index in [9.17, 15) is 19.8 Å². The van der Waals surface area contributed by atoms with Crippen LogP contribution in [0.15, 0.2) is 24.3 Å². The van der Waals surface area contributed by atoms with E-state index in [1.165, 1.54) is 173 Å². The molecule has 0 aromatic heterocycles. The number of esters is 1. The summed E-state index contributed by atoms with van der Waals surface area (Å²) in [5, 5.41) is 23.8. The zero-order valence-corrected chi connectivity index (χ0v) is 39.7. The van der Waals surface area contributed by atoms with Gasteiger partial charge in [0.1, 0.15) is 6.10 Å². The number of allylic oxidation sites excluding steroid dienone is 4. The van der Waals surface area contributed by atoms with Gasteiger partial charge in [-0.15, -0.1) is 0 Å². The summed E-state index contributed by atoms with van der Waals surface area (Å²) in [6, 6.07) is -0.710. The number of amides is 1. The second-order valence-electron chi connectivity index (χ2n) is 18.0. The van der Waals surface area contributed by atoms with Crippen LogP contribution in [0.3, 0.4) is 0 Å². The molecule has 3 atom stereocenters. The fraction of sp³-hybridized carbons (Fsp3) is 0.887. The Hall–Kier alpha value is -1.66. The quantitative estimate of drug-likeness (QED) is 0.0322. The fourth-order valence-corrected chi connectivity index (χ4v) is 8.08. The van der Waals surface area contributed by atoms with Gasteiger partial charge in [0.15, 0.2) is 0 Å². The Labute approximate surface area is 367 Å². The minimum absolute atomic E-state index is 0.0499. The smallest absolute Gasteiger partial charge is 0.306 e. The summed E-state index contributed by atoms with van der Waals surface area (Å²) in [5.74, 6) is -0.508. The van der Waals surface area contributed by atoms with Crippen LogP contribution < -0.4 is 5.32 Å². The maximum atomic E-state index is 13.2. The minimum atomic E-state index is -0.794. The summed E-state index contributed by atoms with van der Waals surface area (Å²) in [6.07, 6.45) is 53.8. The molecule has 6 heteroatoms. The van der Waals surface area contributed by atoms with Gasteiger partial charge in [-0.25, -0.2) is 0 Å². The Morgan fingerprint density at radius 2 is 0.864 bits per heavy atom. The van der Waals surface area contributed by atoms with Gasteiger partial charge in [0.05, 0.1) is 25.2 Å². The molecule has 0 saturated carbocycles. The van der Waals surface area contributed by atoms with E-state index in [2.05, 4.69) is 50.4 Å². The van der Waals surface area contributed by atoms with Crippen LogP contribution in [0.1, 0.15) is 278 Å². The molecule has 0 spiro atoms. The van der Waals surface area contributed by atoms with E-state index in [1.807, 2.05) is 0 Å². The molecule has 1 amide bonds. The number of aliphatic hydroxyl groups excluding tert-OH is 2. The van der Waals surface area contributed by atoms with E-state index in [1.54, 1.807) is 0 Å². The average Bonchev–Trinajstić information content (AvgIpc) is 3.23. The highest BCUT2D eigenvalue weighted by atomic mass is 16.5. The molecule has 3 N–H and O–H groups in total. The van der Waals surface area contributed by atoms with Gasteiger partial charge in [-0.1, -0.05) is 244 Å². The Bertz CT molecular complexity index is 935.